The second kappa shape index (κ2) is 6.29. The molecular weight excluding hydrogens is 298 g/mol. The van der Waals surface area contributed by atoms with E-state index >= 15 is 0 Å². The van der Waals surface area contributed by atoms with Crippen molar-refractivity contribution in [1.29, 1.82) is 0 Å². The van der Waals surface area contributed by atoms with Gasteiger partial charge in [0.25, 0.3) is 0 Å². The molecule has 0 spiro atoms. The molecule has 3 aromatic rings. The highest BCUT2D eigenvalue weighted by Crippen LogP contribution is 2.20. The highest BCUT2D eigenvalue weighted by molar-refractivity contribution is 7.09. The summed E-state index contributed by atoms with van der Waals surface area (Å²) in [7, 11) is 0. The zero-order valence-corrected chi connectivity index (χ0v) is 13.0. The molecule has 0 aliphatic carbocycles. The van der Waals surface area contributed by atoms with Crippen molar-refractivity contribution in [3.8, 4) is 0 Å². The van der Waals surface area contributed by atoms with Crippen molar-refractivity contribution < 1.29 is 9.90 Å². The Morgan fingerprint density at radius 2 is 2.18 bits per heavy atom. The third-order valence-electron chi connectivity index (χ3n) is 3.40. The lowest BCUT2D eigenvalue weighted by Crippen LogP contribution is -2.27. The highest BCUT2D eigenvalue weighted by atomic mass is 32.1. The predicted molar refractivity (Wildman–Crippen MR) is 86.5 cm³/mol. The number of hydrogen-bond donors (Lipinski definition) is 2. The van der Waals surface area contributed by atoms with E-state index < -0.39 is 6.10 Å². The van der Waals surface area contributed by atoms with Crippen LogP contribution < -0.4 is 5.32 Å². The molecule has 3 rings (SSSR count). The Morgan fingerprint density at radius 3 is 2.91 bits per heavy atom. The summed E-state index contributed by atoms with van der Waals surface area (Å²) in [6.07, 6.45) is -0.725. The first kappa shape index (κ1) is 14.7. The van der Waals surface area contributed by atoms with Gasteiger partial charge in [-0.1, -0.05) is 18.2 Å². The Morgan fingerprint density at radius 1 is 1.36 bits per heavy atom. The number of carbonyl (C=O) groups is 1. The van der Waals surface area contributed by atoms with Gasteiger partial charge in [-0.05, 0) is 30.5 Å². The van der Waals surface area contributed by atoms with Crippen LogP contribution in [0.5, 0.6) is 0 Å². The summed E-state index contributed by atoms with van der Waals surface area (Å²) in [5.74, 6) is 0.408. The van der Waals surface area contributed by atoms with Crippen LogP contribution in [0.1, 0.15) is 23.7 Å². The van der Waals surface area contributed by atoms with Gasteiger partial charge in [-0.25, -0.2) is 4.98 Å². The zero-order valence-electron chi connectivity index (χ0n) is 12.2. The molecule has 2 N–H and O–H groups in total. The third-order valence-corrected chi connectivity index (χ3v) is 4.28. The van der Waals surface area contributed by atoms with Gasteiger partial charge in [-0.3, -0.25) is 4.79 Å². The minimum Gasteiger partial charge on any atom is -0.385 e. The van der Waals surface area contributed by atoms with Gasteiger partial charge < -0.3 is 15.0 Å². The van der Waals surface area contributed by atoms with E-state index in [1.54, 1.807) is 22.8 Å². The van der Waals surface area contributed by atoms with Crippen LogP contribution in [0.15, 0.2) is 41.8 Å². The third kappa shape index (κ3) is 3.03. The van der Waals surface area contributed by atoms with Gasteiger partial charge in [-0.2, -0.15) is 0 Å². The number of carbonyl (C=O) groups excluding carboxylic acids is 1. The van der Waals surface area contributed by atoms with Crippen molar-refractivity contribution in [2.45, 2.75) is 26.1 Å². The number of amides is 1. The first-order valence-electron chi connectivity index (χ1n) is 7.07. The number of aliphatic hydroxyl groups excluding tert-OH is 1. The number of para-hydroxylation sites is 2. The first-order valence-corrected chi connectivity index (χ1v) is 7.95. The van der Waals surface area contributed by atoms with Crippen LogP contribution in [0, 0.1) is 0 Å². The van der Waals surface area contributed by atoms with Gasteiger partial charge in [0.05, 0.1) is 17.6 Å². The molecule has 1 amide bonds. The van der Waals surface area contributed by atoms with Gasteiger partial charge in [0, 0.05) is 4.88 Å². The maximum absolute atomic E-state index is 12.2. The Hall–Kier alpha value is -2.18. The molecule has 0 saturated heterocycles. The Balaban J connectivity index is 1.80. The number of aromatic nitrogens is 2. The molecule has 0 aliphatic rings. The summed E-state index contributed by atoms with van der Waals surface area (Å²) >= 11 is 1.61. The molecule has 5 nitrogen and oxygen atoms in total. The van der Waals surface area contributed by atoms with Gasteiger partial charge in [-0.15, -0.1) is 11.3 Å². The van der Waals surface area contributed by atoms with Crippen LogP contribution >= 0.6 is 11.3 Å². The van der Waals surface area contributed by atoms with Gasteiger partial charge in [0.1, 0.15) is 18.5 Å². The lowest BCUT2D eigenvalue weighted by Gasteiger charge is -2.11. The second-order valence-corrected chi connectivity index (χ2v) is 6.11. The maximum Gasteiger partial charge on any atom is 0.240 e. The number of nitrogens with zero attached hydrogens (tertiary/aromatic N) is 2. The molecule has 114 valence electrons. The van der Waals surface area contributed by atoms with Crippen molar-refractivity contribution in [2.24, 2.45) is 0 Å². The van der Waals surface area contributed by atoms with E-state index in [-0.39, 0.29) is 12.5 Å². The molecule has 2 aromatic heterocycles. The molecule has 1 atom stereocenters. The molecule has 1 unspecified atom stereocenters. The molecule has 22 heavy (non-hydrogen) atoms. The number of rotatable bonds is 5. The maximum atomic E-state index is 12.2. The van der Waals surface area contributed by atoms with E-state index in [0.717, 1.165) is 15.9 Å². The van der Waals surface area contributed by atoms with Crippen LogP contribution in [0.4, 0.5) is 0 Å². The highest BCUT2D eigenvalue weighted by Gasteiger charge is 2.16. The minimum absolute atomic E-state index is 0.0987. The SMILES string of the molecule is CC(O)c1nc2ccccc2n1CC(=O)NCc1cccs1. The van der Waals surface area contributed by atoms with Crippen molar-refractivity contribution >= 4 is 28.3 Å². The summed E-state index contributed by atoms with van der Waals surface area (Å²) in [6, 6.07) is 11.5. The number of imidazole rings is 1. The number of hydrogen-bond acceptors (Lipinski definition) is 4. The van der Waals surface area contributed by atoms with Crippen molar-refractivity contribution in [2.75, 3.05) is 0 Å². The fraction of sp³-hybridized carbons (Fsp3) is 0.250. The molecule has 0 saturated carbocycles. The van der Waals surface area contributed by atoms with E-state index in [1.807, 2.05) is 41.8 Å². The summed E-state index contributed by atoms with van der Waals surface area (Å²) in [4.78, 5) is 17.7. The number of benzene rings is 1. The molecule has 0 fully saturated rings. The second-order valence-electron chi connectivity index (χ2n) is 5.08. The summed E-state index contributed by atoms with van der Waals surface area (Å²) in [6.45, 7) is 2.32. The summed E-state index contributed by atoms with van der Waals surface area (Å²) < 4.78 is 1.77. The molecule has 0 radical (unpaired) electrons. The van der Waals surface area contributed by atoms with Crippen molar-refractivity contribution in [3.05, 3.63) is 52.5 Å². The fourth-order valence-corrected chi connectivity index (χ4v) is 3.02. The summed E-state index contributed by atoms with van der Waals surface area (Å²) in [5.41, 5.74) is 1.63. The lowest BCUT2D eigenvalue weighted by atomic mass is 10.3. The van der Waals surface area contributed by atoms with E-state index in [0.29, 0.717) is 12.4 Å². The number of aliphatic hydroxyl groups is 1. The molecular formula is C16H17N3O2S. The van der Waals surface area contributed by atoms with Crippen LogP contribution in [-0.4, -0.2) is 20.6 Å². The topological polar surface area (TPSA) is 67.2 Å². The van der Waals surface area contributed by atoms with E-state index in [1.165, 1.54) is 0 Å². The van der Waals surface area contributed by atoms with Crippen LogP contribution in [0.2, 0.25) is 0 Å². The monoisotopic (exact) mass is 315 g/mol. The lowest BCUT2D eigenvalue weighted by molar-refractivity contribution is -0.121. The Labute approximate surface area is 132 Å². The van der Waals surface area contributed by atoms with Gasteiger partial charge >= 0.3 is 0 Å². The standard InChI is InChI=1S/C16H17N3O2S/c1-11(20)16-18-13-6-2-3-7-14(13)19(16)10-15(21)17-9-12-5-4-8-22-12/h2-8,11,20H,9-10H2,1H3,(H,17,21). The van der Waals surface area contributed by atoms with E-state index in [4.69, 9.17) is 0 Å². The largest absolute Gasteiger partial charge is 0.385 e. The smallest absolute Gasteiger partial charge is 0.240 e. The number of nitrogens with one attached hydrogen (secondary N) is 1. The van der Waals surface area contributed by atoms with Crippen LogP contribution in [-0.2, 0) is 17.9 Å². The van der Waals surface area contributed by atoms with Gasteiger partial charge in [0.2, 0.25) is 5.91 Å². The Bertz CT molecular complexity index is 778. The molecule has 2 heterocycles. The fourth-order valence-electron chi connectivity index (χ4n) is 2.38. The average molecular weight is 315 g/mol. The zero-order chi connectivity index (χ0) is 15.5. The number of fused-ring (bicyclic) bond motifs is 1. The minimum atomic E-state index is -0.725. The normalized spacial score (nSPS) is 12.5. The van der Waals surface area contributed by atoms with Crippen molar-refractivity contribution in [3.63, 3.8) is 0 Å². The first-order chi connectivity index (χ1) is 10.6. The molecule has 0 bridgehead atoms. The van der Waals surface area contributed by atoms with Gasteiger partial charge in [0.15, 0.2) is 0 Å². The average Bonchev–Trinajstić information content (AvgIpc) is 3.13. The molecule has 1 aromatic carbocycles. The van der Waals surface area contributed by atoms with E-state index in [2.05, 4.69) is 10.3 Å². The van der Waals surface area contributed by atoms with Crippen LogP contribution in [0.25, 0.3) is 11.0 Å². The summed E-state index contributed by atoms with van der Waals surface area (Å²) in [5, 5.41) is 14.8. The molecule has 6 heteroatoms. The van der Waals surface area contributed by atoms with E-state index in [9.17, 15) is 9.90 Å². The number of thiophene rings is 1. The van der Waals surface area contributed by atoms with Crippen molar-refractivity contribution in [1.82, 2.24) is 14.9 Å². The quantitative estimate of drug-likeness (QED) is 0.760. The predicted octanol–water partition coefficient (Wildman–Crippen LogP) is 2.47. The van der Waals surface area contributed by atoms with Crippen LogP contribution in [0.3, 0.4) is 0 Å². The Kier molecular flexibility index (Phi) is 4.22. The molecule has 0 aliphatic heterocycles.